The molecule has 2 N–H and O–H groups in total. The zero-order chi connectivity index (χ0) is 13.9. The fraction of sp³-hybridized carbons (Fsp3) is 0.200. The summed E-state index contributed by atoms with van der Waals surface area (Å²) in [6, 6.07) is 9.38. The quantitative estimate of drug-likeness (QED) is 0.902. The maximum Gasteiger partial charge on any atom is 0.225 e. The smallest absolute Gasteiger partial charge is 0.225 e. The first-order valence-electron chi connectivity index (χ1n) is 6.46. The topological polar surface area (TPSA) is 54.0 Å². The van der Waals surface area contributed by atoms with Crippen molar-refractivity contribution < 1.29 is 9.18 Å². The molecule has 0 saturated heterocycles. The van der Waals surface area contributed by atoms with Gasteiger partial charge in [-0.1, -0.05) is 18.2 Å². The summed E-state index contributed by atoms with van der Waals surface area (Å²) in [4.78, 5) is 15.7. The van der Waals surface area contributed by atoms with E-state index in [2.05, 4.69) is 15.6 Å². The van der Waals surface area contributed by atoms with Crippen molar-refractivity contribution in [2.75, 3.05) is 17.2 Å². The molecule has 1 aromatic heterocycles. The Hall–Kier alpha value is -2.43. The van der Waals surface area contributed by atoms with Crippen LogP contribution >= 0.6 is 0 Å². The van der Waals surface area contributed by atoms with Crippen LogP contribution in [0.3, 0.4) is 0 Å². The van der Waals surface area contributed by atoms with Crippen LogP contribution in [-0.2, 0) is 4.79 Å². The van der Waals surface area contributed by atoms with Gasteiger partial charge in [0.25, 0.3) is 0 Å². The minimum atomic E-state index is -0.522. The minimum Gasteiger partial charge on any atom is -0.384 e. The minimum absolute atomic E-state index is 0.121. The molecular formula is C15H14FN3O. The van der Waals surface area contributed by atoms with Gasteiger partial charge in [0.15, 0.2) is 5.82 Å². The first kappa shape index (κ1) is 12.6. The van der Waals surface area contributed by atoms with E-state index in [4.69, 9.17) is 0 Å². The van der Waals surface area contributed by atoms with Crippen LogP contribution in [0.1, 0.15) is 17.9 Å². The molecule has 5 heteroatoms. The Morgan fingerprint density at radius 2 is 2.25 bits per heavy atom. The Morgan fingerprint density at radius 1 is 1.40 bits per heavy atom. The summed E-state index contributed by atoms with van der Waals surface area (Å²) in [5.74, 6) is -0.597. The molecule has 1 atom stereocenters. The van der Waals surface area contributed by atoms with Crippen LogP contribution in [0.15, 0.2) is 42.7 Å². The van der Waals surface area contributed by atoms with Crippen LogP contribution in [0.4, 0.5) is 15.8 Å². The zero-order valence-corrected chi connectivity index (χ0v) is 10.8. The van der Waals surface area contributed by atoms with Gasteiger partial charge in [-0.3, -0.25) is 9.78 Å². The molecule has 102 valence electrons. The average molecular weight is 271 g/mol. The lowest BCUT2D eigenvalue weighted by molar-refractivity contribution is -0.116. The summed E-state index contributed by atoms with van der Waals surface area (Å²) in [5, 5.41) is 5.85. The monoisotopic (exact) mass is 271 g/mol. The van der Waals surface area contributed by atoms with Gasteiger partial charge in [0, 0.05) is 30.8 Å². The fourth-order valence-electron chi connectivity index (χ4n) is 2.44. The number of rotatable bonds is 3. The summed E-state index contributed by atoms with van der Waals surface area (Å²) < 4.78 is 13.4. The second-order valence-corrected chi connectivity index (χ2v) is 4.77. The first-order chi connectivity index (χ1) is 9.74. The summed E-state index contributed by atoms with van der Waals surface area (Å²) in [5.41, 5.74) is 2.38. The Kier molecular flexibility index (Phi) is 3.33. The lowest BCUT2D eigenvalue weighted by atomic mass is 9.97. The van der Waals surface area contributed by atoms with Crippen LogP contribution in [0.5, 0.6) is 0 Å². The predicted octanol–water partition coefficient (Wildman–Crippen LogP) is 2.76. The van der Waals surface area contributed by atoms with Gasteiger partial charge in [0.2, 0.25) is 5.91 Å². The molecule has 1 aliphatic rings. The zero-order valence-electron chi connectivity index (χ0n) is 10.8. The molecular weight excluding hydrogens is 257 g/mol. The number of fused-ring (bicyclic) bond motifs is 1. The van der Waals surface area contributed by atoms with Gasteiger partial charge < -0.3 is 10.6 Å². The van der Waals surface area contributed by atoms with Crippen molar-refractivity contribution in [3.63, 3.8) is 0 Å². The van der Waals surface area contributed by atoms with Gasteiger partial charge in [-0.25, -0.2) is 4.39 Å². The SMILES string of the molecule is O=C(CC1CNc2ccccc21)Nc1ccncc1F. The Balaban J connectivity index is 1.68. The van der Waals surface area contributed by atoms with Gasteiger partial charge in [0.1, 0.15) is 0 Å². The maximum atomic E-state index is 13.4. The van der Waals surface area contributed by atoms with E-state index < -0.39 is 5.82 Å². The number of benzene rings is 1. The molecule has 4 nitrogen and oxygen atoms in total. The number of anilines is 2. The van der Waals surface area contributed by atoms with Gasteiger partial charge in [-0.05, 0) is 17.7 Å². The molecule has 2 aromatic rings. The number of carbonyl (C=O) groups is 1. The van der Waals surface area contributed by atoms with Crippen molar-refractivity contribution in [2.24, 2.45) is 0 Å². The molecule has 0 bridgehead atoms. The normalized spacial score (nSPS) is 16.4. The van der Waals surface area contributed by atoms with E-state index in [1.165, 1.54) is 12.3 Å². The van der Waals surface area contributed by atoms with Crippen LogP contribution in [0.25, 0.3) is 0 Å². The fourth-order valence-corrected chi connectivity index (χ4v) is 2.44. The first-order valence-corrected chi connectivity index (χ1v) is 6.46. The number of amides is 1. The number of nitrogens with zero attached hydrogens (tertiary/aromatic N) is 1. The predicted molar refractivity (Wildman–Crippen MR) is 75.1 cm³/mol. The molecule has 0 radical (unpaired) electrons. The van der Waals surface area contributed by atoms with E-state index in [1.54, 1.807) is 0 Å². The molecule has 2 heterocycles. The maximum absolute atomic E-state index is 13.4. The average Bonchev–Trinajstić information content (AvgIpc) is 2.85. The summed E-state index contributed by atoms with van der Waals surface area (Å²) in [6.07, 6.45) is 2.86. The van der Waals surface area contributed by atoms with Gasteiger partial charge >= 0.3 is 0 Å². The Labute approximate surface area is 116 Å². The number of halogens is 1. The Morgan fingerprint density at radius 3 is 3.10 bits per heavy atom. The highest BCUT2D eigenvalue weighted by molar-refractivity contribution is 5.91. The second-order valence-electron chi connectivity index (χ2n) is 4.77. The molecule has 0 aliphatic carbocycles. The Bertz CT molecular complexity index is 645. The number of carbonyl (C=O) groups excluding carboxylic acids is 1. The second kappa shape index (κ2) is 5.28. The summed E-state index contributed by atoms with van der Waals surface area (Å²) >= 11 is 0. The van der Waals surface area contributed by atoms with Crippen LogP contribution < -0.4 is 10.6 Å². The molecule has 0 spiro atoms. The van der Waals surface area contributed by atoms with E-state index in [-0.39, 0.29) is 17.5 Å². The van der Waals surface area contributed by atoms with Gasteiger partial charge in [-0.2, -0.15) is 0 Å². The molecule has 1 aliphatic heterocycles. The van der Waals surface area contributed by atoms with E-state index in [1.807, 2.05) is 24.3 Å². The highest BCUT2D eigenvalue weighted by atomic mass is 19.1. The van der Waals surface area contributed by atoms with E-state index in [0.717, 1.165) is 24.0 Å². The number of aromatic nitrogens is 1. The van der Waals surface area contributed by atoms with Crippen LogP contribution in [-0.4, -0.2) is 17.4 Å². The van der Waals surface area contributed by atoms with Crippen molar-refractivity contribution in [2.45, 2.75) is 12.3 Å². The number of pyridine rings is 1. The highest BCUT2D eigenvalue weighted by Crippen LogP contribution is 2.33. The molecule has 3 rings (SSSR count). The number of para-hydroxylation sites is 1. The standard InChI is InChI=1S/C15H14FN3O/c16-12-9-17-6-5-14(12)19-15(20)7-10-8-18-13-4-2-1-3-11(10)13/h1-6,9-10,18H,7-8H2,(H,17,19,20). The third-order valence-electron chi connectivity index (χ3n) is 3.42. The van der Waals surface area contributed by atoms with Crippen molar-refractivity contribution in [3.8, 4) is 0 Å². The third-order valence-corrected chi connectivity index (χ3v) is 3.42. The number of hydrogen-bond donors (Lipinski definition) is 2. The number of nitrogens with one attached hydrogen (secondary N) is 2. The number of hydrogen-bond acceptors (Lipinski definition) is 3. The molecule has 0 fully saturated rings. The van der Waals surface area contributed by atoms with Crippen molar-refractivity contribution in [1.82, 2.24) is 4.98 Å². The molecule has 1 aromatic carbocycles. The van der Waals surface area contributed by atoms with Crippen molar-refractivity contribution >= 4 is 17.3 Å². The van der Waals surface area contributed by atoms with E-state index in [0.29, 0.717) is 6.42 Å². The lowest BCUT2D eigenvalue weighted by Gasteiger charge is -2.11. The lowest BCUT2D eigenvalue weighted by Crippen LogP contribution is -2.17. The molecule has 0 saturated carbocycles. The molecule has 20 heavy (non-hydrogen) atoms. The molecule has 1 unspecified atom stereocenters. The van der Waals surface area contributed by atoms with E-state index >= 15 is 0 Å². The summed E-state index contributed by atoms with van der Waals surface area (Å²) in [6.45, 7) is 0.728. The highest BCUT2D eigenvalue weighted by Gasteiger charge is 2.24. The van der Waals surface area contributed by atoms with E-state index in [9.17, 15) is 9.18 Å². The summed E-state index contributed by atoms with van der Waals surface area (Å²) in [7, 11) is 0. The largest absolute Gasteiger partial charge is 0.384 e. The van der Waals surface area contributed by atoms with Gasteiger partial charge in [-0.15, -0.1) is 0 Å². The van der Waals surface area contributed by atoms with Crippen LogP contribution in [0.2, 0.25) is 0 Å². The molecule has 1 amide bonds. The van der Waals surface area contributed by atoms with Crippen LogP contribution in [0, 0.1) is 5.82 Å². The van der Waals surface area contributed by atoms with Crippen molar-refractivity contribution in [1.29, 1.82) is 0 Å². The van der Waals surface area contributed by atoms with Crippen molar-refractivity contribution in [3.05, 3.63) is 54.1 Å². The van der Waals surface area contributed by atoms with Gasteiger partial charge in [0.05, 0.1) is 11.9 Å². The third kappa shape index (κ3) is 2.47.